The Morgan fingerprint density at radius 2 is 1.79 bits per heavy atom. The number of amides is 1. The molecule has 0 radical (unpaired) electrons. The molecule has 0 spiro atoms. The highest BCUT2D eigenvalue weighted by molar-refractivity contribution is 7.91. The van der Waals surface area contributed by atoms with Gasteiger partial charge in [-0.25, -0.2) is 4.72 Å². The first-order valence-corrected chi connectivity index (χ1v) is 7.92. The Morgan fingerprint density at radius 3 is 2.42 bits per heavy atom. The minimum atomic E-state index is -3.83. The zero-order valence-electron chi connectivity index (χ0n) is 10.6. The summed E-state index contributed by atoms with van der Waals surface area (Å²) in [5.41, 5.74) is 0.434. The lowest BCUT2D eigenvalue weighted by atomic mass is 10.0. The number of anilines is 1. The van der Waals surface area contributed by atoms with Crippen LogP contribution >= 0.6 is 0 Å². The molecule has 1 fully saturated rings. The molecule has 0 saturated heterocycles. The Hall–Kier alpha value is -1.56. The fraction of sp³-hybridized carbons (Fsp3) is 0.462. The SMILES string of the molecule is O=C(CC1CCCC1)NS(=O)(=O)Nc1ccccc1. The molecule has 0 bridgehead atoms. The van der Waals surface area contributed by atoms with Gasteiger partial charge in [0.2, 0.25) is 5.91 Å². The van der Waals surface area contributed by atoms with Gasteiger partial charge in [0.25, 0.3) is 0 Å². The molecule has 2 N–H and O–H groups in total. The van der Waals surface area contributed by atoms with E-state index in [0.29, 0.717) is 11.6 Å². The van der Waals surface area contributed by atoms with Gasteiger partial charge in [-0.1, -0.05) is 31.0 Å². The molecule has 6 heteroatoms. The highest BCUT2D eigenvalue weighted by Crippen LogP contribution is 2.27. The van der Waals surface area contributed by atoms with Gasteiger partial charge in [0.05, 0.1) is 5.69 Å². The van der Waals surface area contributed by atoms with Crippen LogP contribution in [0.25, 0.3) is 0 Å². The van der Waals surface area contributed by atoms with E-state index in [1.807, 2.05) is 0 Å². The number of hydrogen-bond acceptors (Lipinski definition) is 3. The van der Waals surface area contributed by atoms with Crippen molar-refractivity contribution in [3.05, 3.63) is 30.3 Å². The smallest absolute Gasteiger partial charge is 0.274 e. The van der Waals surface area contributed by atoms with Crippen LogP contribution in [0.1, 0.15) is 32.1 Å². The molecular weight excluding hydrogens is 264 g/mol. The van der Waals surface area contributed by atoms with Crippen molar-refractivity contribution in [1.82, 2.24) is 4.72 Å². The topological polar surface area (TPSA) is 75.3 Å². The van der Waals surface area contributed by atoms with Gasteiger partial charge in [0.1, 0.15) is 0 Å². The lowest BCUT2D eigenvalue weighted by Gasteiger charge is -2.11. The minimum absolute atomic E-state index is 0.287. The summed E-state index contributed by atoms with van der Waals surface area (Å²) in [6.45, 7) is 0. The maximum Gasteiger partial charge on any atom is 0.323 e. The highest BCUT2D eigenvalue weighted by atomic mass is 32.2. The standard InChI is InChI=1S/C13H18N2O3S/c16-13(10-11-6-4-5-7-11)15-19(17,18)14-12-8-2-1-3-9-12/h1-3,8-9,11,14H,4-7,10H2,(H,15,16). The number of carbonyl (C=O) groups excluding carboxylic acids is 1. The Labute approximate surface area is 113 Å². The van der Waals surface area contributed by atoms with Gasteiger partial charge in [0, 0.05) is 6.42 Å². The van der Waals surface area contributed by atoms with Gasteiger partial charge in [-0.15, -0.1) is 0 Å². The van der Waals surface area contributed by atoms with Crippen molar-refractivity contribution in [2.75, 3.05) is 4.72 Å². The third-order valence-electron chi connectivity index (χ3n) is 3.22. The third-order valence-corrected chi connectivity index (χ3v) is 4.22. The number of nitrogens with one attached hydrogen (secondary N) is 2. The van der Waals surface area contributed by atoms with Gasteiger partial charge in [0.15, 0.2) is 0 Å². The molecule has 1 aromatic rings. The van der Waals surface area contributed by atoms with Crippen molar-refractivity contribution < 1.29 is 13.2 Å². The summed E-state index contributed by atoms with van der Waals surface area (Å²) in [5.74, 6) is -0.109. The van der Waals surface area contributed by atoms with E-state index in [9.17, 15) is 13.2 Å². The lowest BCUT2D eigenvalue weighted by molar-refractivity contribution is -0.120. The zero-order chi connectivity index (χ0) is 13.7. The van der Waals surface area contributed by atoms with Crippen LogP contribution in [0.4, 0.5) is 5.69 Å². The molecule has 1 amide bonds. The largest absolute Gasteiger partial charge is 0.323 e. The fourth-order valence-corrected chi connectivity index (χ4v) is 3.24. The third kappa shape index (κ3) is 4.55. The summed E-state index contributed by atoms with van der Waals surface area (Å²) in [5, 5.41) is 0. The predicted molar refractivity (Wildman–Crippen MR) is 73.7 cm³/mol. The quantitative estimate of drug-likeness (QED) is 0.867. The Bertz CT molecular complexity index is 522. The van der Waals surface area contributed by atoms with E-state index >= 15 is 0 Å². The minimum Gasteiger partial charge on any atom is -0.274 e. The van der Waals surface area contributed by atoms with Crippen LogP contribution in [-0.4, -0.2) is 14.3 Å². The first kappa shape index (κ1) is 13.9. The van der Waals surface area contributed by atoms with Gasteiger partial charge in [-0.05, 0) is 30.9 Å². The van der Waals surface area contributed by atoms with Gasteiger partial charge in [-0.2, -0.15) is 8.42 Å². The first-order chi connectivity index (χ1) is 9.05. The van der Waals surface area contributed by atoms with Crippen molar-refractivity contribution in [3.8, 4) is 0 Å². The number of rotatable bonds is 5. The summed E-state index contributed by atoms with van der Waals surface area (Å²) in [6.07, 6.45) is 4.58. The molecule has 2 rings (SSSR count). The van der Waals surface area contributed by atoms with Gasteiger partial charge >= 0.3 is 10.2 Å². The molecule has 0 atom stereocenters. The monoisotopic (exact) mass is 282 g/mol. The van der Waals surface area contributed by atoms with E-state index in [0.717, 1.165) is 25.7 Å². The summed E-state index contributed by atoms with van der Waals surface area (Å²) in [4.78, 5) is 11.7. The molecule has 104 valence electrons. The van der Waals surface area contributed by atoms with E-state index in [2.05, 4.69) is 9.44 Å². The van der Waals surface area contributed by atoms with Crippen molar-refractivity contribution in [2.45, 2.75) is 32.1 Å². The number of benzene rings is 1. The second-order valence-corrected chi connectivity index (χ2v) is 6.27. The molecule has 0 unspecified atom stereocenters. The Balaban J connectivity index is 1.88. The molecule has 0 heterocycles. The van der Waals surface area contributed by atoms with Crippen LogP contribution in [0.5, 0.6) is 0 Å². The van der Waals surface area contributed by atoms with E-state index in [1.165, 1.54) is 0 Å². The van der Waals surface area contributed by atoms with Crippen LogP contribution in [0.2, 0.25) is 0 Å². The fourth-order valence-electron chi connectivity index (χ4n) is 2.36. The van der Waals surface area contributed by atoms with E-state index in [1.54, 1.807) is 30.3 Å². The molecule has 0 aliphatic heterocycles. The maximum atomic E-state index is 11.7. The molecule has 1 saturated carbocycles. The maximum absolute atomic E-state index is 11.7. The number of hydrogen-bond donors (Lipinski definition) is 2. The second-order valence-electron chi connectivity index (χ2n) is 4.85. The van der Waals surface area contributed by atoms with Crippen LogP contribution < -0.4 is 9.44 Å². The van der Waals surface area contributed by atoms with Crippen molar-refractivity contribution >= 4 is 21.8 Å². The van der Waals surface area contributed by atoms with Crippen molar-refractivity contribution in [1.29, 1.82) is 0 Å². The van der Waals surface area contributed by atoms with Crippen molar-refractivity contribution in [2.24, 2.45) is 5.92 Å². The Morgan fingerprint density at radius 1 is 1.16 bits per heavy atom. The first-order valence-electron chi connectivity index (χ1n) is 6.43. The number of para-hydroxylation sites is 1. The average Bonchev–Trinajstić information content (AvgIpc) is 2.81. The predicted octanol–water partition coefficient (Wildman–Crippen LogP) is 2.04. The average molecular weight is 282 g/mol. The van der Waals surface area contributed by atoms with E-state index < -0.39 is 16.1 Å². The summed E-state index contributed by atoms with van der Waals surface area (Å²) in [6, 6.07) is 8.48. The van der Waals surface area contributed by atoms with Crippen LogP contribution in [0.15, 0.2) is 30.3 Å². The molecule has 1 aliphatic rings. The van der Waals surface area contributed by atoms with Crippen molar-refractivity contribution in [3.63, 3.8) is 0 Å². The summed E-state index contributed by atoms with van der Waals surface area (Å²) in [7, 11) is -3.83. The zero-order valence-corrected chi connectivity index (χ0v) is 11.4. The molecular formula is C13H18N2O3S. The van der Waals surface area contributed by atoms with E-state index in [-0.39, 0.29) is 6.42 Å². The second kappa shape index (κ2) is 6.06. The van der Waals surface area contributed by atoms with E-state index in [4.69, 9.17) is 0 Å². The Kier molecular flexibility index (Phi) is 4.42. The van der Waals surface area contributed by atoms with Crippen LogP contribution in [0, 0.1) is 5.92 Å². The molecule has 0 aromatic heterocycles. The number of carbonyl (C=O) groups is 1. The highest BCUT2D eigenvalue weighted by Gasteiger charge is 2.21. The normalized spacial score (nSPS) is 16.2. The molecule has 5 nitrogen and oxygen atoms in total. The molecule has 19 heavy (non-hydrogen) atoms. The molecule has 1 aliphatic carbocycles. The van der Waals surface area contributed by atoms with Crippen LogP contribution in [-0.2, 0) is 15.0 Å². The molecule has 1 aromatic carbocycles. The van der Waals surface area contributed by atoms with Crippen LogP contribution in [0.3, 0.4) is 0 Å². The summed E-state index contributed by atoms with van der Waals surface area (Å²) < 4.78 is 27.9. The van der Waals surface area contributed by atoms with Gasteiger partial charge in [-0.3, -0.25) is 9.52 Å². The van der Waals surface area contributed by atoms with Gasteiger partial charge < -0.3 is 0 Å². The lowest BCUT2D eigenvalue weighted by Crippen LogP contribution is -2.36. The summed E-state index contributed by atoms with van der Waals surface area (Å²) >= 11 is 0.